The first-order chi connectivity index (χ1) is 10.5. The van der Waals surface area contributed by atoms with E-state index in [0.29, 0.717) is 12.1 Å². The molecule has 0 spiro atoms. The Kier molecular flexibility index (Phi) is 4.75. The van der Waals surface area contributed by atoms with Gasteiger partial charge in [0.2, 0.25) is 5.91 Å². The van der Waals surface area contributed by atoms with Gasteiger partial charge in [-0.25, -0.2) is 4.79 Å². The van der Waals surface area contributed by atoms with Crippen molar-refractivity contribution >= 4 is 17.7 Å². The lowest BCUT2D eigenvalue weighted by Crippen LogP contribution is -2.39. The summed E-state index contributed by atoms with van der Waals surface area (Å²) in [5.74, 6) is -1.27. The van der Waals surface area contributed by atoms with Crippen LogP contribution in [0, 0.1) is 0 Å². The first-order valence-corrected chi connectivity index (χ1v) is 7.23. The molecule has 1 aromatic carbocycles. The van der Waals surface area contributed by atoms with Gasteiger partial charge < -0.3 is 9.64 Å². The number of ether oxygens (including phenoxy) is 1. The zero-order chi connectivity index (χ0) is 16.3. The molecule has 5 nitrogen and oxygen atoms in total. The number of hydrogen-bond donors (Lipinski definition) is 0. The number of amides is 1. The van der Waals surface area contributed by atoms with Gasteiger partial charge >= 0.3 is 5.97 Å². The maximum Gasteiger partial charge on any atom is 0.343 e. The van der Waals surface area contributed by atoms with E-state index < -0.39 is 12.0 Å². The van der Waals surface area contributed by atoms with Crippen LogP contribution < -0.4 is 0 Å². The van der Waals surface area contributed by atoms with E-state index in [9.17, 15) is 14.4 Å². The third-order valence-corrected chi connectivity index (χ3v) is 3.67. The average molecular weight is 301 g/mol. The van der Waals surface area contributed by atoms with Crippen LogP contribution in [0.5, 0.6) is 0 Å². The minimum Gasteiger partial charge on any atom is -0.462 e. The van der Waals surface area contributed by atoms with Gasteiger partial charge in [-0.05, 0) is 19.4 Å². The Morgan fingerprint density at radius 3 is 2.41 bits per heavy atom. The molecule has 0 saturated heterocycles. The van der Waals surface area contributed by atoms with Gasteiger partial charge in [-0.2, -0.15) is 0 Å². The number of esters is 1. The monoisotopic (exact) mass is 301 g/mol. The van der Waals surface area contributed by atoms with Crippen molar-refractivity contribution in [2.24, 2.45) is 0 Å². The summed E-state index contributed by atoms with van der Waals surface area (Å²) in [6.45, 7) is 4.86. The lowest BCUT2D eigenvalue weighted by Gasteiger charge is -2.23. The number of hydrogen-bond acceptors (Lipinski definition) is 4. The van der Waals surface area contributed by atoms with Crippen LogP contribution in [0.25, 0.3) is 0 Å². The molecule has 1 unspecified atom stereocenters. The molecule has 0 N–H and O–H groups in total. The fourth-order valence-electron chi connectivity index (χ4n) is 2.74. The van der Waals surface area contributed by atoms with Crippen molar-refractivity contribution < 1.29 is 19.1 Å². The Morgan fingerprint density at radius 2 is 1.86 bits per heavy atom. The van der Waals surface area contributed by atoms with E-state index in [0.717, 1.165) is 5.56 Å². The van der Waals surface area contributed by atoms with E-state index in [4.69, 9.17) is 4.74 Å². The molecule has 1 amide bonds. The Morgan fingerprint density at radius 1 is 1.23 bits per heavy atom. The molecular formula is C17H19NO4. The van der Waals surface area contributed by atoms with E-state index in [1.54, 1.807) is 13.8 Å². The van der Waals surface area contributed by atoms with Gasteiger partial charge in [0.25, 0.3) is 0 Å². The predicted octanol–water partition coefficient (Wildman–Crippen LogP) is 1.87. The van der Waals surface area contributed by atoms with Crippen molar-refractivity contribution in [1.29, 1.82) is 0 Å². The van der Waals surface area contributed by atoms with Crippen LogP contribution in [0.1, 0.15) is 26.3 Å². The molecule has 0 bridgehead atoms. The Labute approximate surface area is 129 Å². The van der Waals surface area contributed by atoms with Crippen molar-refractivity contribution in [3.8, 4) is 0 Å². The third kappa shape index (κ3) is 2.93. The molecule has 0 radical (unpaired) electrons. The Balaban J connectivity index is 2.34. The molecular weight excluding hydrogens is 282 g/mol. The average Bonchev–Trinajstić information content (AvgIpc) is 2.71. The Bertz CT molecular complexity index is 633. The van der Waals surface area contributed by atoms with E-state index in [-0.39, 0.29) is 23.9 Å². The molecule has 1 aromatic rings. The minimum atomic E-state index is -0.681. The molecule has 0 fully saturated rings. The highest BCUT2D eigenvalue weighted by atomic mass is 16.5. The van der Waals surface area contributed by atoms with E-state index >= 15 is 0 Å². The number of Topliss-reactive ketones (excluding diaryl/α,β-unsaturated/α-hetero) is 1. The summed E-state index contributed by atoms with van der Waals surface area (Å²) in [4.78, 5) is 37.9. The maximum absolute atomic E-state index is 12.6. The van der Waals surface area contributed by atoms with Crippen LogP contribution in [0.4, 0.5) is 0 Å². The van der Waals surface area contributed by atoms with Crippen LogP contribution in [-0.4, -0.2) is 35.2 Å². The number of benzene rings is 1. The molecule has 2 rings (SSSR count). The highest BCUT2D eigenvalue weighted by molar-refractivity contribution is 6.22. The fourth-order valence-corrected chi connectivity index (χ4v) is 2.74. The molecule has 0 saturated carbocycles. The second kappa shape index (κ2) is 6.56. The van der Waals surface area contributed by atoms with Crippen molar-refractivity contribution in [3.05, 3.63) is 47.2 Å². The zero-order valence-corrected chi connectivity index (χ0v) is 13.0. The summed E-state index contributed by atoms with van der Waals surface area (Å²) in [5, 5.41) is 0. The van der Waals surface area contributed by atoms with Crippen molar-refractivity contribution in [1.82, 2.24) is 4.90 Å². The standard InChI is InChI=1S/C17H19NO4/c1-4-22-17(21)15-11(2)18(12(3)19)14(16(15)20)10-13-8-6-5-7-9-13/h5-9,14H,4,10H2,1-3H3. The number of allylic oxidation sites excluding steroid dienone is 1. The van der Waals surface area contributed by atoms with E-state index in [1.165, 1.54) is 11.8 Å². The summed E-state index contributed by atoms with van der Waals surface area (Å²) >= 11 is 0. The van der Waals surface area contributed by atoms with Crippen LogP contribution in [0.2, 0.25) is 0 Å². The zero-order valence-electron chi connectivity index (χ0n) is 13.0. The molecule has 0 aliphatic carbocycles. The number of carbonyl (C=O) groups excluding carboxylic acids is 3. The molecule has 22 heavy (non-hydrogen) atoms. The van der Waals surface area contributed by atoms with Gasteiger partial charge in [0.1, 0.15) is 11.6 Å². The summed E-state index contributed by atoms with van der Waals surface area (Å²) in [7, 11) is 0. The number of carbonyl (C=O) groups is 3. The smallest absolute Gasteiger partial charge is 0.343 e. The second-order valence-electron chi connectivity index (χ2n) is 5.14. The molecule has 116 valence electrons. The maximum atomic E-state index is 12.6. The van der Waals surface area contributed by atoms with Gasteiger partial charge in [-0.15, -0.1) is 0 Å². The summed E-state index contributed by atoms with van der Waals surface area (Å²) in [6.07, 6.45) is 0.375. The van der Waals surface area contributed by atoms with Crippen molar-refractivity contribution in [2.75, 3.05) is 6.61 Å². The van der Waals surface area contributed by atoms with Crippen LogP contribution in [-0.2, 0) is 25.5 Å². The van der Waals surface area contributed by atoms with Crippen molar-refractivity contribution in [2.45, 2.75) is 33.2 Å². The number of rotatable bonds is 4. The first-order valence-electron chi connectivity index (χ1n) is 7.23. The summed E-state index contributed by atoms with van der Waals surface area (Å²) in [6, 6.07) is 8.74. The molecule has 1 atom stereocenters. The summed E-state index contributed by atoms with van der Waals surface area (Å²) < 4.78 is 4.94. The molecule has 1 heterocycles. The molecule has 1 aliphatic rings. The lowest BCUT2D eigenvalue weighted by atomic mass is 10.0. The van der Waals surface area contributed by atoms with Gasteiger partial charge in [0.05, 0.1) is 6.61 Å². The van der Waals surface area contributed by atoms with E-state index in [1.807, 2.05) is 30.3 Å². The minimum absolute atomic E-state index is 0.0158. The van der Waals surface area contributed by atoms with Crippen LogP contribution >= 0.6 is 0 Å². The highest BCUT2D eigenvalue weighted by Crippen LogP contribution is 2.29. The lowest BCUT2D eigenvalue weighted by molar-refractivity contribution is -0.140. The van der Waals surface area contributed by atoms with Crippen LogP contribution in [0.3, 0.4) is 0 Å². The summed E-state index contributed by atoms with van der Waals surface area (Å²) in [5.41, 5.74) is 1.29. The largest absolute Gasteiger partial charge is 0.462 e. The topological polar surface area (TPSA) is 63.7 Å². The number of ketones is 1. The van der Waals surface area contributed by atoms with Gasteiger partial charge in [-0.3, -0.25) is 9.59 Å². The second-order valence-corrected chi connectivity index (χ2v) is 5.14. The van der Waals surface area contributed by atoms with Crippen molar-refractivity contribution in [3.63, 3.8) is 0 Å². The van der Waals surface area contributed by atoms with Gasteiger partial charge in [0.15, 0.2) is 5.78 Å². The van der Waals surface area contributed by atoms with Crippen LogP contribution in [0.15, 0.2) is 41.6 Å². The number of nitrogens with zero attached hydrogens (tertiary/aromatic N) is 1. The van der Waals surface area contributed by atoms with Gasteiger partial charge in [0, 0.05) is 19.0 Å². The molecule has 1 aliphatic heterocycles. The SMILES string of the molecule is CCOC(=O)C1=C(C)N(C(C)=O)C(Cc2ccccc2)C1=O. The fraction of sp³-hybridized carbons (Fsp3) is 0.353. The van der Waals surface area contributed by atoms with E-state index in [2.05, 4.69) is 0 Å². The quantitative estimate of drug-likeness (QED) is 0.629. The third-order valence-electron chi connectivity index (χ3n) is 3.67. The molecule has 5 heteroatoms. The molecule has 0 aromatic heterocycles. The van der Waals surface area contributed by atoms with Gasteiger partial charge in [-0.1, -0.05) is 30.3 Å². The normalized spacial score (nSPS) is 17.9. The Hall–Kier alpha value is -2.43. The first kappa shape index (κ1) is 15.9. The highest BCUT2D eigenvalue weighted by Gasteiger charge is 2.43. The predicted molar refractivity (Wildman–Crippen MR) is 80.8 cm³/mol.